The highest BCUT2D eigenvalue weighted by atomic mass is 35.5. The molecular formula is C12H4ClFN2OS. The van der Waals surface area contributed by atoms with Gasteiger partial charge in [0, 0.05) is 11.8 Å². The Balaban J connectivity index is 2.10. The van der Waals surface area contributed by atoms with E-state index in [1.807, 2.05) is 12.1 Å². The highest BCUT2D eigenvalue weighted by molar-refractivity contribution is 7.16. The van der Waals surface area contributed by atoms with Crippen molar-refractivity contribution in [3.8, 4) is 16.9 Å². The number of pyridine rings is 1. The zero-order chi connectivity index (χ0) is 12.4. The summed E-state index contributed by atoms with van der Waals surface area (Å²) in [4.78, 5) is 15.6. The van der Waals surface area contributed by atoms with Crippen LogP contribution < -0.4 is 4.87 Å². The van der Waals surface area contributed by atoms with Gasteiger partial charge in [-0.05, 0) is 23.8 Å². The van der Waals surface area contributed by atoms with E-state index in [1.54, 1.807) is 0 Å². The van der Waals surface area contributed by atoms with Crippen molar-refractivity contribution in [1.29, 1.82) is 0 Å². The Bertz CT molecular complexity index is 884. The van der Waals surface area contributed by atoms with Gasteiger partial charge in [-0.15, -0.1) is 0 Å². The molecule has 0 N–H and O–H groups in total. The molecule has 88 valence electrons. The molecule has 0 saturated carbocycles. The molecule has 0 fully saturated rings. The second-order valence-electron chi connectivity index (χ2n) is 4.03. The smallest absolute Gasteiger partial charge is 0.256 e. The number of thiazole rings is 1. The number of aromatic nitrogens is 2. The fourth-order valence-electron chi connectivity index (χ4n) is 2.09. The van der Waals surface area contributed by atoms with Crippen molar-refractivity contribution in [1.82, 2.24) is 9.55 Å². The van der Waals surface area contributed by atoms with Crippen LogP contribution in [0.4, 0.5) is 4.39 Å². The summed E-state index contributed by atoms with van der Waals surface area (Å²) in [6, 6.07) is 5.05. The largest absolute Gasteiger partial charge is 0.314 e. The van der Waals surface area contributed by atoms with E-state index in [0.29, 0.717) is 0 Å². The summed E-state index contributed by atoms with van der Waals surface area (Å²) in [6.07, 6.45) is 1.33. The lowest BCUT2D eigenvalue weighted by Gasteiger charge is -2.03. The van der Waals surface area contributed by atoms with Gasteiger partial charge in [-0.2, -0.15) is 0 Å². The second-order valence-corrected chi connectivity index (χ2v) is 5.46. The summed E-state index contributed by atoms with van der Waals surface area (Å²) in [5, 5.41) is 0.209. The minimum atomic E-state index is -0.597. The van der Waals surface area contributed by atoms with Crippen LogP contribution in [0.3, 0.4) is 0 Å². The third-order valence-electron chi connectivity index (χ3n) is 2.91. The molecule has 3 nitrogen and oxygen atoms in total. The van der Waals surface area contributed by atoms with Crippen LogP contribution in [-0.4, -0.2) is 9.55 Å². The van der Waals surface area contributed by atoms with Crippen LogP contribution in [0.1, 0.15) is 0 Å². The number of hydrogen-bond donors (Lipinski definition) is 0. The van der Waals surface area contributed by atoms with Gasteiger partial charge in [0.15, 0.2) is 11.6 Å². The molecule has 4 rings (SSSR count). The van der Waals surface area contributed by atoms with Gasteiger partial charge >= 0.3 is 4.87 Å². The molecule has 6 heteroatoms. The van der Waals surface area contributed by atoms with Crippen LogP contribution in [0, 0.1) is 5.82 Å². The Morgan fingerprint density at radius 3 is 2.94 bits per heavy atom. The van der Waals surface area contributed by atoms with Crippen molar-refractivity contribution < 1.29 is 4.39 Å². The van der Waals surface area contributed by atoms with E-state index < -0.39 is 5.82 Å². The van der Waals surface area contributed by atoms with Crippen LogP contribution in [0.2, 0.25) is 5.02 Å². The van der Waals surface area contributed by atoms with Crippen molar-refractivity contribution in [2.45, 2.75) is 0 Å². The molecule has 0 aliphatic heterocycles. The van der Waals surface area contributed by atoms with Crippen LogP contribution >= 0.6 is 22.9 Å². The number of benzene rings is 1. The lowest BCUT2D eigenvalue weighted by Crippen LogP contribution is -2.13. The molecule has 2 aliphatic rings. The molecule has 0 spiro atoms. The van der Waals surface area contributed by atoms with Crippen molar-refractivity contribution in [2.24, 2.45) is 0 Å². The van der Waals surface area contributed by atoms with Gasteiger partial charge < -0.3 is 0 Å². The third kappa shape index (κ3) is 1.23. The summed E-state index contributed by atoms with van der Waals surface area (Å²) in [5.41, 5.74) is 2.85. The molecule has 2 aliphatic carbocycles. The first-order valence-corrected chi connectivity index (χ1v) is 6.36. The lowest BCUT2D eigenvalue weighted by molar-refractivity contribution is 0.610. The van der Waals surface area contributed by atoms with Gasteiger partial charge in [0.25, 0.3) is 0 Å². The van der Waals surface area contributed by atoms with E-state index in [0.717, 1.165) is 38.7 Å². The van der Waals surface area contributed by atoms with E-state index in [4.69, 9.17) is 11.6 Å². The lowest BCUT2D eigenvalue weighted by atomic mass is 10.4. The van der Waals surface area contributed by atoms with Crippen LogP contribution in [0.25, 0.3) is 27.2 Å². The number of fused-ring (bicyclic) bond motifs is 3. The molecule has 0 unspecified atom stereocenters. The molecule has 0 bridgehead atoms. The first-order valence-electron chi connectivity index (χ1n) is 5.16. The molecule has 0 atom stereocenters. The molecule has 2 heterocycles. The first kappa shape index (κ1) is 10.2. The Morgan fingerprint density at radius 1 is 1.33 bits per heavy atom. The average Bonchev–Trinajstić information content (AvgIpc) is 2.86. The maximum absolute atomic E-state index is 13.9. The summed E-state index contributed by atoms with van der Waals surface area (Å²) in [5.74, 6) is -0.593. The van der Waals surface area contributed by atoms with Crippen LogP contribution in [0.15, 0.2) is 29.2 Å². The van der Waals surface area contributed by atoms with Gasteiger partial charge in [0.1, 0.15) is 0 Å². The number of halogens is 2. The van der Waals surface area contributed by atoms with E-state index in [2.05, 4.69) is 4.98 Å². The average molecular weight is 279 g/mol. The first-order chi connectivity index (χ1) is 8.65. The van der Waals surface area contributed by atoms with Gasteiger partial charge in [0.2, 0.25) is 0 Å². The number of hydrogen-bond acceptors (Lipinski definition) is 3. The summed E-state index contributed by atoms with van der Waals surface area (Å²) < 4.78 is 16.0. The fourth-order valence-corrected chi connectivity index (χ4v) is 3.18. The quantitative estimate of drug-likeness (QED) is 0.536. The fraction of sp³-hybridized carbons (Fsp3) is 0. The highest BCUT2D eigenvalue weighted by Crippen LogP contribution is 2.44. The Labute approximate surface area is 109 Å². The number of rotatable bonds is 1. The topological polar surface area (TPSA) is 34.9 Å². The maximum Gasteiger partial charge on any atom is 0.314 e. The summed E-state index contributed by atoms with van der Waals surface area (Å²) >= 11 is 6.76. The third-order valence-corrected chi connectivity index (χ3v) is 4.00. The molecule has 2 aromatic rings. The standard InChI is InChI=1S/C12H4ClFN2OS/c13-6-3-8(14)11(15-4-6)16-10-7-1-5(7)2-9(10)18-12(16)17/h1-4H. The predicted molar refractivity (Wildman–Crippen MR) is 69.2 cm³/mol. The minimum absolute atomic E-state index is 0.00403. The second kappa shape index (κ2) is 3.18. The van der Waals surface area contributed by atoms with E-state index in [9.17, 15) is 9.18 Å². The maximum atomic E-state index is 13.9. The molecule has 18 heavy (non-hydrogen) atoms. The monoisotopic (exact) mass is 278 g/mol. The highest BCUT2D eigenvalue weighted by Gasteiger charge is 2.25. The van der Waals surface area contributed by atoms with Gasteiger partial charge in [0.05, 0.1) is 15.2 Å². The van der Waals surface area contributed by atoms with Crippen molar-refractivity contribution in [3.63, 3.8) is 0 Å². The van der Waals surface area contributed by atoms with E-state index in [1.165, 1.54) is 10.8 Å². The summed E-state index contributed by atoms with van der Waals surface area (Å²) in [6.45, 7) is 0. The van der Waals surface area contributed by atoms with E-state index >= 15 is 0 Å². The van der Waals surface area contributed by atoms with Crippen molar-refractivity contribution in [3.05, 3.63) is 44.9 Å². The minimum Gasteiger partial charge on any atom is -0.256 e. The van der Waals surface area contributed by atoms with Crippen molar-refractivity contribution >= 4 is 33.2 Å². The molecule has 0 saturated heterocycles. The van der Waals surface area contributed by atoms with Crippen molar-refractivity contribution in [2.75, 3.05) is 0 Å². The molecule has 0 amide bonds. The Morgan fingerprint density at radius 2 is 2.17 bits per heavy atom. The summed E-state index contributed by atoms with van der Waals surface area (Å²) in [7, 11) is 0. The van der Waals surface area contributed by atoms with E-state index in [-0.39, 0.29) is 15.7 Å². The molecule has 0 aromatic carbocycles. The van der Waals surface area contributed by atoms with Crippen LogP contribution in [-0.2, 0) is 0 Å². The molecule has 2 aromatic heterocycles. The zero-order valence-corrected chi connectivity index (χ0v) is 10.3. The molecule has 0 radical (unpaired) electrons. The molecular weight excluding hydrogens is 275 g/mol. The SMILES string of the molecule is O=c1sc2cc3cc-3c2n1-c1ncc(Cl)cc1F. The normalized spacial score (nSPS) is 12.1. The van der Waals surface area contributed by atoms with Crippen LogP contribution in [0.5, 0.6) is 0 Å². The van der Waals surface area contributed by atoms with Gasteiger partial charge in [-0.3, -0.25) is 4.79 Å². The Kier molecular flexibility index (Phi) is 1.81. The zero-order valence-electron chi connectivity index (χ0n) is 8.78. The Hall–Kier alpha value is -1.72. The number of nitrogens with zero attached hydrogens (tertiary/aromatic N) is 2. The van der Waals surface area contributed by atoms with Gasteiger partial charge in [-0.1, -0.05) is 22.9 Å². The predicted octanol–water partition coefficient (Wildman–Crippen LogP) is 3.22. The van der Waals surface area contributed by atoms with Gasteiger partial charge in [-0.25, -0.2) is 13.9 Å².